The Kier molecular flexibility index (Phi) is 4.30. The highest BCUT2D eigenvalue weighted by Crippen LogP contribution is 2.23. The number of nitrogens with two attached hydrogens (primary N) is 1. The van der Waals surface area contributed by atoms with Crippen molar-refractivity contribution in [1.29, 1.82) is 0 Å². The van der Waals surface area contributed by atoms with Gasteiger partial charge in [-0.05, 0) is 16.3 Å². The minimum absolute atomic E-state index is 0.0929. The molecule has 0 spiro atoms. The highest BCUT2D eigenvalue weighted by Gasteiger charge is 2.38. The van der Waals surface area contributed by atoms with Crippen LogP contribution in [0, 0.1) is 0 Å². The van der Waals surface area contributed by atoms with Crippen molar-refractivity contribution in [2.75, 3.05) is 13.7 Å². The fraction of sp³-hybridized carbons (Fsp3) is 0.333. The Balaban J connectivity index is 1.84. The molecule has 0 aliphatic carbocycles. The standard InChI is InChI=1S/C18H20N2O3/c1-23-14-10-16(18(19)22)20(11-14)17(21)9-13-7-4-6-12-5-2-3-8-15(12)13/h2-8,14,16H,9-11H2,1H3,(H2,19,22)/t14-,16-/m0/s1. The van der Waals surface area contributed by atoms with Gasteiger partial charge in [-0.15, -0.1) is 0 Å². The maximum atomic E-state index is 12.7. The number of carbonyl (C=O) groups is 2. The summed E-state index contributed by atoms with van der Waals surface area (Å²) in [6.45, 7) is 0.410. The predicted molar refractivity (Wildman–Crippen MR) is 87.8 cm³/mol. The van der Waals surface area contributed by atoms with Crippen molar-refractivity contribution in [2.24, 2.45) is 5.73 Å². The van der Waals surface area contributed by atoms with Gasteiger partial charge in [-0.2, -0.15) is 0 Å². The van der Waals surface area contributed by atoms with Crippen molar-refractivity contribution in [2.45, 2.75) is 25.0 Å². The van der Waals surface area contributed by atoms with Crippen LogP contribution in [0.3, 0.4) is 0 Å². The van der Waals surface area contributed by atoms with Gasteiger partial charge in [-0.3, -0.25) is 9.59 Å². The van der Waals surface area contributed by atoms with E-state index in [1.54, 1.807) is 12.0 Å². The molecule has 5 nitrogen and oxygen atoms in total. The molecule has 2 atom stereocenters. The lowest BCUT2D eigenvalue weighted by Gasteiger charge is -2.22. The second kappa shape index (κ2) is 6.38. The first-order valence-electron chi connectivity index (χ1n) is 7.68. The predicted octanol–water partition coefficient (Wildman–Crippen LogP) is 1.48. The summed E-state index contributed by atoms with van der Waals surface area (Å²) in [6.07, 6.45) is 0.582. The van der Waals surface area contributed by atoms with Gasteiger partial charge in [0.25, 0.3) is 0 Å². The number of rotatable bonds is 4. The highest BCUT2D eigenvalue weighted by atomic mass is 16.5. The third kappa shape index (κ3) is 3.05. The fourth-order valence-corrected chi connectivity index (χ4v) is 3.22. The number of hydrogen-bond acceptors (Lipinski definition) is 3. The van der Waals surface area contributed by atoms with Gasteiger partial charge in [-0.25, -0.2) is 0 Å². The third-order valence-corrected chi connectivity index (χ3v) is 4.47. The van der Waals surface area contributed by atoms with Crippen molar-refractivity contribution in [1.82, 2.24) is 4.90 Å². The SMILES string of the molecule is CO[C@H]1C[C@@H](C(N)=O)N(C(=O)Cc2cccc3ccccc23)C1. The summed E-state index contributed by atoms with van der Waals surface area (Å²) in [5, 5.41) is 2.15. The Labute approximate surface area is 135 Å². The van der Waals surface area contributed by atoms with Crippen molar-refractivity contribution in [3.8, 4) is 0 Å². The molecule has 3 rings (SSSR count). The van der Waals surface area contributed by atoms with Crippen LogP contribution >= 0.6 is 0 Å². The van der Waals surface area contributed by atoms with Crippen molar-refractivity contribution < 1.29 is 14.3 Å². The van der Waals surface area contributed by atoms with Gasteiger partial charge in [0.1, 0.15) is 6.04 Å². The van der Waals surface area contributed by atoms with E-state index < -0.39 is 11.9 Å². The Hall–Kier alpha value is -2.40. The molecule has 0 bridgehead atoms. The minimum Gasteiger partial charge on any atom is -0.380 e. The Morgan fingerprint density at radius 1 is 1.22 bits per heavy atom. The van der Waals surface area contributed by atoms with Crippen LogP contribution in [-0.4, -0.2) is 42.5 Å². The van der Waals surface area contributed by atoms with E-state index in [-0.39, 0.29) is 18.4 Å². The molecule has 2 aromatic rings. The third-order valence-electron chi connectivity index (χ3n) is 4.47. The zero-order valence-electron chi connectivity index (χ0n) is 13.1. The van der Waals surface area contributed by atoms with Gasteiger partial charge >= 0.3 is 0 Å². The number of primary amides is 1. The number of amides is 2. The number of methoxy groups -OCH3 is 1. The second-order valence-electron chi connectivity index (χ2n) is 5.87. The number of nitrogens with zero attached hydrogens (tertiary/aromatic N) is 1. The molecule has 0 saturated carbocycles. The van der Waals surface area contributed by atoms with Crippen LogP contribution in [0.5, 0.6) is 0 Å². The Morgan fingerprint density at radius 2 is 1.96 bits per heavy atom. The fourth-order valence-electron chi connectivity index (χ4n) is 3.22. The summed E-state index contributed by atoms with van der Waals surface area (Å²) in [5.74, 6) is -0.569. The van der Waals surface area contributed by atoms with E-state index in [4.69, 9.17) is 10.5 Å². The molecular formula is C18H20N2O3. The average molecular weight is 312 g/mol. The van der Waals surface area contributed by atoms with E-state index in [1.807, 2.05) is 42.5 Å². The van der Waals surface area contributed by atoms with Gasteiger partial charge in [0.2, 0.25) is 11.8 Å². The normalized spacial score (nSPS) is 20.8. The van der Waals surface area contributed by atoms with Crippen molar-refractivity contribution in [3.05, 3.63) is 48.0 Å². The molecule has 0 aromatic heterocycles. The lowest BCUT2D eigenvalue weighted by molar-refractivity contribution is -0.136. The molecule has 0 unspecified atom stereocenters. The monoisotopic (exact) mass is 312 g/mol. The maximum Gasteiger partial charge on any atom is 0.240 e. The summed E-state index contributed by atoms with van der Waals surface area (Å²) in [5.41, 5.74) is 6.39. The molecule has 1 aliphatic rings. The zero-order valence-corrected chi connectivity index (χ0v) is 13.1. The summed E-state index contributed by atoms with van der Waals surface area (Å²) < 4.78 is 5.29. The van der Waals surface area contributed by atoms with Crippen LogP contribution in [0.2, 0.25) is 0 Å². The van der Waals surface area contributed by atoms with Crippen LogP contribution < -0.4 is 5.73 Å². The van der Waals surface area contributed by atoms with Gasteiger partial charge < -0.3 is 15.4 Å². The number of ether oxygens (including phenoxy) is 1. The lowest BCUT2D eigenvalue weighted by atomic mass is 10.0. The first-order chi connectivity index (χ1) is 11.1. The van der Waals surface area contributed by atoms with Crippen LogP contribution in [0.1, 0.15) is 12.0 Å². The first-order valence-corrected chi connectivity index (χ1v) is 7.68. The molecule has 2 aromatic carbocycles. The molecule has 5 heteroatoms. The smallest absolute Gasteiger partial charge is 0.240 e. The van der Waals surface area contributed by atoms with Gasteiger partial charge in [0.05, 0.1) is 12.5 Å². The van der Waals surface area contributed by atoms with E-state index in [0.717, 1.165) is 16.3 Å². The number of fused-ring (bicyclic) bond motifs is 1. The maximum absolute atomic E-state index is 12.7. The van der Waals surface area contributed by atoms with Crippen LogP contribution in [0.15, 0.2) is 42.5 Å². The van der Waals surface area contributed by atoms with E-state index >= 15 is 0 Å². The quantitative estimate of drug-likeness (QED) is 0.929. The molecule has 1 aliphatic heterocycles. The first kappa shape index (κ1) is 15.5. The Bertz CT molecular complexity index is 739. The number of carbonyl (C=O) groups excluding carboxylic acids is 2. The van der Waals surface area contributed by atoms with E-state index in [2.05, 4.69) is 0 Å². The molecule has 1 saturated heterocycles. The number of hydrogen-bond donors (Lipinski definition) is 1. The van der Waals surface area contributed by atoms with Crippen LogP contribution in [-0.2, 0) is 20.7 Å². The second-order valence-corrected chi connectivity index (χ2v) is 5.87. The van der Waals surface area contributed by atoms with Crippen LogP contribution in [0.4, 0.5) is 0 Å². The summed E-state index contributed by atoms with van der Waals surface area (Å²) in [4.78, 5) is 25.9. The Morgan fingerprint density at radius 3 is 2.70 bits per heavy atom. The van der Waals surface area contributed by atoms with Gasteiger partial charge in [0, 0.05) is 20.1 Å². The summed E-state index contributed by atoms with van der Waals surface area (Å²) in [6, 6.07) is 13.3. The number of benzene rings is 2. The summed E-state index contributed by atoms with van der Waals surface area (Å²) in [7, 11) is 1.58. The topological polar surface area (TPSA) is 72.6 Å². The van der Waals surface area contributed by atoms with Crippen molar-refractivity contribution >= 4 is 22.6 Å². The molecule has 1 heterocycles. The molecular weight excluding hydrogens is 292 g/mol. The van der Waals surface area contributed by atoms with Gasteiger partial charge in [0.15, 0.2) is 0 Å². The minimum atomic E-state index is -0.581. The van der Waals surface area contributed by atoms with Crippen LogP contribution in [0.25, 0.3) is 10.8 Å². The van der Waals surface area contributed by atoms with E-state index in [1.165, 1.54) is 0 Å². The summed E-state index contributed by atoms with van der Waals surface area (Å²) >= 11 is 0. The number of likely N-dealkylation sites (tertiary alicyclic amines) is 1. The zero-order chi connectivity index (χ0) is 16.4. The highest BCUT2D eigenvalue weighted by molar-refractivity contribution is 5.92. The molecule has 120 valence electrons. The van der Waals surface area contributed by atoms with Crippen molar-refractivity contribution in [3.63, 3.8) is 0 Å². The largest absolute Gasteiger partial charge is 0.380 e. The lowest BCUT2D eigenvalue weighted by Crippen LogP contribution is -2.44. The molecule has 23 heavy (non-hydrogen) atoms. The molecule has 2 amide bonds. The van der Waals surface area contributed by atoms with E-state index in [9.17, 15) is 9.59 Å². The molecule has 2 N–H and O–H groups in total. The molecule has 0 radical (unpaired) electrons. The average Bonchev–Trinajstić information content (AvgIpc) is 3.00. The molecule has 1 fully saturated rings. The van der Waals surface area contributed by atoms with E-state index in [0.29, 0.717) is 13.0 Å². The van der Waals surface area contributed by atoms with Gasteiger partial charge in [-0.1, -0.05) is 42.5 Å².